The second-order valence-electron chi connectivity index (χ2n) is 9.82. The van der Waals surface area contributed by atoms with Crippen molar-refractivity contribution in [3.63, 3.8) is 0 Å². The third kappa shape index (κ3) is 10.2. The SMILES string of the molecule is COC(=O)CC(NC(=O)[C@H](Cc1ccccc1)NC(=O)OCc1ccccc1)(C(C)NC(=O)OCc1ccccc1)[P+](=O)O. The standard InChI is InChI=1S/C31H34N3O9P/c1-22(32-29(37)42-20-24-14-8-4-9-15-24)31(44(39)40,19-27(35)41-2)34-28(36)26(18-23-12-6-3-7-13-23)33-30(38)43-21-25-16-10-5-11-17-25/h3-17,22,26H,18-21H2,1-2H3,(H3-,32,33,34,36,37,38,39,40)/p+1/t22?,26-,31?/m0/s1. The highest BCUT2D eigenvalue weighted by Gasteiger charge is 2.58. The maximum Gasteiger partial charge on any atom is 0.536 e. The third-order valence-electron chi connectivity index (χ3n) is 6.69. The van der Waals surface area contributed by atoms with E-state index < -0.39 is 55.9 Å². The van der Waals surface area contributed by atoms with Crippen molar-refractivity contribution in [3.8, 4) is 0 Å². The van der Waals surface area contributed by atoms with Gasteiger partial charge in [-0.25, -0.2) is 9.59 Å². The predicted octanol–water partition coefficient (Wildman–Crippen LogP) is 3.95. The van der Waals surface area contributed by atoms with Gasteiger partial charge in [-0.3, -0.25) is 9.59 Å². The van der Waals surface area contributed by atoms with Crippen LogP contribution >= 0.6 is 8.03 Å². The lowest BCUT2D eigenvalue weighted by atomic mass is 10.0. The van der Waals surface area contributed by atoms with Crippen molar-refractivity contribution in [2.45, 2.75) is 50.3 Å². The number of benzene rings is 3. The summed E-state index contributed by atoms with van der Waals surface area (Å²) in [6.45, 7) is 1.19. The van der Waals surface area contributed by atoms with E-state index in [2.05, 4.69) is 16.0 Å². The van der Waals surface area contributed by atoms with Crippen molar-refractivity contribution in [1.29, 1.82) is 0 Å². The van der Waals surface area contributed by atoms with Gasteiger partial charge in [0.1, 0.15) is 31.7 Å². The minimum Gasteiger partial charge on any atom is -0.469 e. The molecule has 0 fully saturated rings. The van der Waals surface area contributed by atoms with Gasteiger partial charge < -0.3 is 30.2 Å². The van der Waals surface area contributed by atoms with Gasteiger partial charge in [0.05, 0.1) is 7.11 Å². The minimum atomic E-state index is -3.38. The average molecular weight is 625 g/mol. The summed E-state index contributed by atoms with van der Waals surface area (Å²) in [6.07, 6.45) is -2.67. The van der Waals surface area contributed by atoms with Crippen molar-refractivity contribution in [2.75, 3.05) is 7.11 Å². The van der Waals surface area contributed by atoms with Crippen LogP contribution in [0.25, 0.3) is 0 Å². The van der Waals surface area contributed by atoms with Gasteiger partial charge in [0.15, 0.2) is 0 Å². The van der Waals surface area contributed by atoms with Gasteiger partial charge in [0.2, 0.25) is 5.91 Å². The van der Waals surface area contributed by atoms with Crippen LogP contribution in [0.15, 0.2) is 91.0 Å². The summed E-state index contributed by atoms with van der Waals surface area (Å²) in [7, 11) is -2.30. The van der Waals surface area contributed by atoms with E-state index in [4.69, 9.17) is 14.2 Å². The molecule has 0 bridgehead atoms. The molecule has 0 aromatic heterocycles. The molecule has 44 heavy (non-hydrogen) atoms. The van der Waals surface area contributed by atoms with E-state index >= 15 is 0 Å². The molecular formula is C31H35N3O9P+. The van der Waals surface area contributed by atoms with Crippen LogP contribution in [0.1, 0.15) is 30.0 Å². The molecule has 0 radical (unpaired) electrons. The predicted molar refractivity (Wildman–Crippen MR) is 160 cm³/mol. The van der Waals surface area contributed by atoms with E-state index in [-0.39, 0.29) is 19.6 Å². The van der Waals surface area contributed by atoms with E-state index in [0.717, 1.165) is 12.7 Å². The zero-order chi connectivity index (χ0) is 32.0. The average Bonchev–Trinajstić information content (AvgIpc) is 3.03. The lowest BCUT2D eigenvalue weighted by molar-refractivity contribution is -0.142. The lowest BCUT2D eigenvalue weighted by Gasteiger charge is -2.30. The summed E-state index contributed by atoms with van der Waals surface area (Å²) >= 11 is 0. The summed E-state index contributed by atoms with van der Waals surface area (Å²) in [6, 6.07) is 23.9. The minimum absolute atomic E-state index is 0.0233. The van der Waals surface area contributed by atoms with E-state index in [1.54, 1.807) is 84.9 Å². The van der Waals surface area contributed by atoms with Gasteiger partial charge in [-0.05, 0) is 28.2 Å². The Balaban J connectivity index is 1.81. The number of rotatable bonds is 14. The third-order valence-corrected chi connectivity index (χ3v) is 8.03. The van der Waals surface area contributed by atoms with Crippen LogP contribution in [0.4, 0.5) is 9.59 Å². The van der Waals surface area contributed by atoms with E-state index in [1.807, 2.05) is 6.07 Å². The van der Waals surface area contributed by atoms with Crippen LogP contribution in [0.2, 0.25) is 0 Å². The summed E-state index contributed by atoms with van der Waals surface area (Å²) in [5, 5.41) is 5.16. The van der Waals surface area contributed by atoms with Crippen molar-refractivity contribution in [2.24, 2.45) is 0 Å². The first-order chi connectivity index (χ1) is 21.1. The fourth-order valence-corrected chi connectivity index (χ4v) is 5.07. The smallest absolute Gasteiger partial charge is 0.469 e. The molecule has 12 nitrogen and oxygen atoms in total. The van der Waals surface area contributed by atoms with E-state index in [9.17, 15) is 28.6 Å². The Labute approximate surface area is 256 Å². The molecule has 3 amide bonds. The number of carbonyl (C=O) groups is 4. The van der Waals surface area contributed by atoms with Crippen LogP contribution in [0.3, 0.4) is 0 Å². The molecule has 0 aliphatic carbocycles. The lowest BCUT2D eigenvalue weighted by Crippen LogP contribution is -2.63. The molecule has 4 N–H and O–H groups in total. The Kier molecular flexibility index (Phi) is 12.8. The molecule has 3 unspecified atom stereocenters. The zero-order valence-corrected chi connectivity index (χ0v) is 25.2. The Morgan fingerprint density at radius 3 is 1.68 bits per heavy atom. The van der Waals surface area contributed by atoms with Crippen molar-refractivity contribution in [1.82, 2.24) is 16.0 Å². The largest absolute Gasteiger partial charge is 0.536 e. The Hall–Kier alpha value is -4.80. The molecule has 3 aromatic carbocycles. The topological polar surface area (TPSA) is 169 Å². The molecule has 0 saturated heterocycles. The molecule has 3 aromatic rings. The molecule has 0 aliphatic heterocycles. The molecule has 0 saturated carbocycles. The molecular weight excluding hydrogens is 589 g/mol. The molecule has 232 valence electrons. The zero-order valence-electron chi connectivity index (χ0n) is 24.3. The Bertz CT molecular complexity index is 1410. The fourth-order valence-electron chi connectivity index (χ4n) is 4.21. The number of methoxy groups -OCH3 is 1. The molecule has 4 atom stereocenters. The number of carbonyl (C=O) groups excluding carboxylic acids is 4. The molecule has 0 aliphatic rings. The Morgan fingerprint density at radius 1 is 0.773 bits per heavy atom. The second-order valence-corrected chi connectivity index (χ2v) is 11.2. The van der Waals surface area contributed by atoms with Crippen molar-refractivity contribution < 1.29 is 42.8 Å². The molecule has 0 spiro atoms. The number of amides is 3. The number of alkyl carbamates (subject to hydrolysis) is 2. The first-order valence-electron chi connectivity index (χ1n) is 13.7. The van der Waals surface area contributed by atoms with Gasteiger partial charge >= 0.3 is 26.2 Å². The van der Waals surface area contributed by atoms with Crippen molar-refractivity contribution in [3.05, 3.63) is 108 Å². The number of esters is 1. The summed E-state index contributed by atoms with van der Waals surface area (Å²) < 4.78 is 28.1. The highest BCUT2D eigenvalue weighted by atomic mass is 31.1. The first kappa shape index (κ1) is 33.7. The van der Waals surface area contributed by atoms with Crippen LogP contribution < -0.4 is 16.0 Å². The van der Waals surface area contributed by atoms with Crippen LogP contribution in [0.5, 0.6) is 0 Å². The fraction of sp³-hybridized carbons (Fsp3) is 0.290. The van der Waals surface area contributed by atoms with Gasteiger partial charge in [-0.2, -0.15) is 4.89 Å². The van der Waals surface area contributed by atoms with Crippen LogP contribution in [-0.2, 0) is 48.0 Å². The second kappa shape index (κ2) is 16.7. The van der Waals surface area contributed by atoms with Crippen molar-refractivity contribution >= 4 is 32.1 Å². The van der Waals surface area contributed by atoms with Crippen LogP contribution in [0, 0.1) is 0 Å². The first-order valence-corrected chi connectivity index (χ1v) is 14.9. The number of hydrogen-bond donors (Lipinski definition) is 4. The van der Waals surface area contributed by atoms with E-state index in [1.165, 1.54) is 6.92 Å². The Morgan fingerprint density at radius 2 is 1.23 bits per heavy atom. The number of hydrogen-bond acceptors (Lipinski definition) is 8. The van der Waals surface area contributed by atoms with Gasteiger partial charge in [-0.1, -0.05) is 91.0 Å². The van der Waals surface area contributed by atoms with Gasteiger partial charge in [-0.15, -0.1) is 0 Å². The highest BCUT2D eigenvalue weighted by Crippen LogP contribution is 2.39. The molecule has 13 heteroatoms. The van der Waals surface area contributed by atoms with E-state index in [0.29, 0.717) is 11.1 Å². The van der Waals surface area contributed by atoms with Gasteiger partial charge in [0.25, 0.3) is 5.28 Å². The number of ether oxygens (including phenoxy) is 3. The maximum absolute atomic E-state index is 13.7. The quantitative estimate of drug-likeness (QED) is 0.118. The highest BCUT2D eigenvalue weighted by molar-refractivity contribution is 7.40. The van der Waals surface area contributed by atoms with Gasteiger partial charge in [0, 0.05) is 6.42 Å². The molecule has 0 heterocycles. The normalized spacial score (nSPS) is 13.7. The monoisotopic (exact) mass is 624 g/mol. The summed E-state index contributed by atoms with van der Waals surface area (Å²) in [4.78, 5) is 62.0. The summed E-state index contributed by atoms with van der Waals surface area (Å²) in [5.74, 6) is -1.83. The summed E-state index contributed by atoms with van der Waals surface area (Å²) in [5.41, 5.74) is 2.09. The van der Waals surface area contributed by atoms with Crippen LogP contribution in [-0.4, -0.2) is 53.4 Å². The molecule has 3 rings (SSSR count). The maximum atomic E-state index is 13.7. The number of nitrogens with one attached hydrogen (secondary N) is 3.